The number of aliphatic hydroxyl groups excluding tert-OH is 1. The molecule has 5 nitrogen and oxygen atoms in total. The van der Waals surface area contributed by atoms with Crippen molar-refractivity contribution in [3.8, 4) is 0 Å². The van der Waals surface area contributed by atoms with E-state index in [2.05, 4.69) is 0 Å². The highest BCUT2D eigenvalue weighted by Gasteiger charge is 2.27. The zero-order valence-corrected chi connectivity index (χ0v) is 10.3. The number of morpholine rings is 1. The van der Waals surface area contributed by atoms with Gasteiger partial charge in [-0.2, -0.15) is 4.31 Å². The first-order valence-corrected chi connectivity index (χ1v) is 7.23. The molecule has 2 rings (SSSR count). The predicted octanol–water partition coefficient (Wildman–Crippen LogP) is 0.261. The van der Waals surface area contributed by atoms with Gasteiger partial charge in [0.1, 0.15) is 4.21 Å². The van der Waals surface area contributed by atoms with Crippen LogP contribution in [0, 0.1) is 0 Å². The number of aliphatic hydroxyl groups is 1. The lowest BCUT2D eigenvalue weighted by Gasteiger charge is -2.25. The third-order valence-electron chi connectivity index (χ3n) is 2.38. The van der Waals surface area contributed by atoms with Crippen LogP contribution in [0.1, 0.15) is 5.56 Å². The zero-order chi connectivity index (χ0) is 11.6. The molecule has 1 saturated heterocycles. The number of hydrogen-bond donors (Lipinski definition) is 1. The molecule has 0 amide bonds. The van der Waals surface area contributed by atoms with Gasteiger partial charge in [-0.25, -0.2) is 8.42 Å². The van der Waals surface area contributed by atoms with Crippen LogP contribution in [0.15, 0.2) is 15.7 Å². The summed E-state index contributed by atoms with van der Waals surface area (Å²) in [6.07, 6.45) is 0. The Hall–Kier alpha value is -0.470. The van der Waals surface area contributed by atoms with E-state index >= 15 is 0 Å². The van der Waals surface area contributed by atoms with Crippen molar-refractivity contribution >= 4 is 21.4 Å². The monoisotopic (exact) mass is 263 g/mol. The normalized spacial score (nSPS) is 18.8. The molecule has 1 N–H and O–H groups in total. The van der Waals surface area contributed by atoms with Gasteiger partial charge in [-0.05, 0) is 17.0 Å². The van der Waals surface area contributed by atoms with Crippen LogP contribution in [-0.2, 0) is 21.4 Å². The van der Waals surface area contributed by atoms with E-state index in [-0.39, 0.29) is 6.61 Å². The molecule has 16 heavy (non-hydrogen) atoms. The largest absolute Gasteiger partial charge is 0.392 e. The molecule has 0 radical (unpaired) electrons. The van der Waals surface area contributed by atoms with Crippen LogP contribution in [-0.4, -0.2) is 44.1 Å². The van der Waals surface area contributed by atoms with Gasteiger partial charge >= 0.3 is 0 Å². The Balaban J connectivity index is 2.23. The average Bonchev–Trinajstić information content (AvgIpc) is 2.79. The van der Waals surface area contributed by atoms with Crippen molar-refractivity contribution in [3.05, 3.63) is 17.0 Å². The van der Waals surface area contributed by atoms with Gasteiger partial charge in [0, 0.05) is 13.1 Å². The van der Waals surface area contributed by atoms with Gasteiger partial charge in [-0.3, -0.25) is 0 Å². The summed E-state index contributed by atoms with van der Waals surface area (Å²) in [4.78, 5) is 0. The summed E-state index contributed by atoms with van der Waals surface area (Å²) in [6.45, 7) is 1.55. The summed E-state index contributed by atoms with van der Waals surface area (Å²) in [5, 5.41) is 10.6. The Labute approximate surface area is 98.3 Å². The SMILES string of the molecule is O=S(=O)(c1cc(CO)cs1)N1CCOCC1. The minimum Gasteiger partial charge on any atom is -0.392 e. The van der Waals surface area contributed by atoms with Gasteiger partial charge in [0.05, 0.1) is 19.8 Å². The van der Waals surface area contributed by atoms with Crippen LogP contribution >= 0.6 is 11.3 Å². The van der Waals surface area contributed by atoms with Crippen molar-refractivity contribution in [3.63, 3.8) is 0 Å². The first-order chi connectivity index (χ1) is 7.64. The molecule has 0 atom stereocenters. The zero-order valence-electron chi connectivity index (χ0n) is 8.63. The molecular formula is C9H13NO4S2. The third kappa shape index (κ3) is 2.28. The van der Waals surface area contributed by atoms with E-state index in [1.54, 1.807) is 5.38 Å². The maximum atomic E-state index is 12.1. The van der Waals surface area contributed by atoms with E-state index in [9.17, 15) is 8.42 Å². The van der Waals surface area contributed by atoms with E-state index in [0.29, 0.717) is 36.1 Å². The highest BCUT2D eigenvalue weighted by molar-refractivity contribution is 7.91. The summed E-state index contributed by atoms with van der Waals surface area (Å²) in [5.41, 5.74) is 0.636. The molecule has 1 aromatic heterocycles. The number of thiophene rings is 1. The van der Waals surface area contributed by atoms with Crippen molar-refractivity contribution < 1.29 is 18.3 Å². The van der Waals surface area contributed by atoms with E-state index in [0.717, 1.165) is 11.3 Å². The average molecular weight is 263 g/mol. The predicted molar refractivity (Wildman–Crippen MR) is 59.8 cm³/mol. The summed E-state index contributed by atoms with van der Waals surface area (Å²) < 4.78 is 31.1. The van der Waals surface area contributed by atoms with Gasteiger partial charge in [0.2, 0.25) is 0 Å². The number of ether oxygens (including phenoxy) is 1. The van der Waals surface area contributed by atoms with Crippen LogP contribution in [0.2, 0.25) is 0 Å². The second-order valence-electron chi connectivity index (χ2n) is 3.45. The minimum absolute atomic E-state index is 0.130. The standard InChI is InChI=1S/C9H13NO4S2/c11-6-8-5-9(15-7-8)16(12,13)10-1-3-14-4-2-10/h5,7,11H,1-4,6H2. The van der Waals surface area contributed by atoms with Crippen LogP contribution in [0.3, 0.4) is 0 Å². The topological polar surface area (TPSA) is 66.8 Å². The van der Waals surface area contributed by atoms with E-state index in [4.69, 9.17) is 9.84 Å². The van der Waals surface area contributed by atoms with Gasteiger partial charge in [0.25, 0.3) is 10.0 Å². The lowest BCUT2D eigenvalue weighted by molar-refractivity contribution is 0.0731. The second kappa shape index (κ2) is 4.80. The van der Waals surface area contributed by atoms with Gasteiger partial charge in [-0.15, -0.1) is 11.3 Å². The quantitative estimate of drug-likeness (QED) is 0.849. The maximum Gasteiger partial charge on any atom is 0.252 e. The Morgan fingerprint density at radius 1 is 1.44 bits per heavy atom. The summed E-state index contributed by atoms with van der Waals surface area (Å²) in [5.74, 6) is 0. The number of sulfonamides is 1. The van der Waals surface area contributed by atoms with Crippen LogP contribution in [0.4, 0.5) is 0 Å². The molecule has 0 unspecified atom stereocenters. The van der Waals surface area contributed by atoms with Gasteiger partial charge in [0.15, 0.2) is 0 Å². The molecule has 0 bridgehead atoms. The fourth-order valence-corrected chi connectivity index (χ4v) is 4.25. The van der Waals surface area contributed by atoms with Crippen LogP contribution < -0.4 is 0 Å². The van der Waals surface area contributed by atoms with Crippen molar-refractivity contribution in [2.75, 3.05) is 26.3 Å². The molecule has 7 heteroatoms. The highest BCUT2D eigenvalue weighted by atomic mass is 32.2. The molecule has 1 aromatic rings. The molecular weight excluding hydrogens is 250 g/mol. The Kier molecular flexibility index (Phi) is 3.60. The fourth-order valence-electron chi connectivity index (χ4n) is 1.49. The van der Waals surface area contributed by atoms with E-state index in [1.165, 1.54) is 10.4 Å². The lowest BCUT2D eigenvalue weighted by Crippen LogP contribution is -2.40. The van der Waals surface area contributed by atoms with Crippen molar-refractivity contribution in [1.82, 2.24) is 4.31 Å². The molecule has 90 valence electrons. The molecule has 0 spiro atoms. The summed E-state index contributed by atoms with van der Waals surface area (Å²) >= 11 is 1.14. The van der Waals surface area contributed by atoms with Crippen molar-refractivity contribution in [2.45, 2.75) is 10.8 Å². The first kappa shape index (κ1) is 12.0. The number of hydrogen-bond acceptors (Lipinski definition) is 5. The minimum atomic E-state index is -3.39. The molecule has 0 saturated carbocycles. The van der Waals surface area contributed by atoms with Crippen molar-refractivity contribution in [1.29, 1.82) is 0 Å². The van der Waals surface area contributed by atoms with Gasteiger partial charge in [-0.1, -0.05) is 0 Å². The number of rotatable bonds is 3. The van der Waals surface area contributed by atoms with Gasteiger partial charge < -0.3 is 9.84 Å². The Bertz CT molecular complexity index is 448. The fraction of sp³-hybridized carbons (Fsp3) is 0.556. The summed E-state index contributed by atoms with van der Waals surface area (Å²) in [6, 6.07) is 1.52. The van der Waals surface area contributed by atoms with Crippen LogP contribution in [0.5, 0.6) is 0 Å². The maximum absolute atomic E-state index is 12.1. The molecule has 0 aliphatic carbocycles. The smallest absolute Gasteiger partial charge is 0.252 e. The molecule has 2 heterocycles. The Morgan fingerprint density at radius 3 is 2.69 bits per heavy atom. The molecule has 1 aliphatic rings. The van der Waals surface area contributed by atoms with E-state index < -0.39 is 10.0 Å². The summed E-state index contributed by atoms with van der Waals surface area (Å²) in [7, 11) is -3.39. The second-order valence-corrected chi connectivity index (χ2v) is 6.52. The third-order valence-corrected chi connectivity index (χ3v) is 5.74. The Morgan fingerprint density at radius 2 is 2.12 bits per heavy atom. The lowest BCUT2D eigenvalue weighted by atomic mass is 10.4. The van der Waals surface area contributed by atoms with Crippen LogP contribution in [0.25, 0.3) is 0 Å². The number of nitrogens with zero attached hydrogens (tertiary/aromatic N) is 1. The molecule has 1 aliphatic heterocycles. The first-order valence-electron chi connectivity index (χ1n) is 4.91. The molecule has 1 fully saturated rings. The van der Waals surface area contributed by atoms with E-state index in [1.807, 2.05) is 0 Å². The van der Waals surface area contributed by atoms with Crippen molar-refractivity contribution in [2.24, 2.45) is 0 Å². The molecule has 0 aromatic carbocycles. The highest BCUT2D eigenvalue weighted by Crippen LogP contribution is 2.24.